The van der Waals surface area contributed by atoms with E-state index >= 15 is 0 Å². The van der Waals surface area contributed by atoms with Crippen LogP contribution < -0.4 is 0 Å². The second-order valence-electron chi connectivity index (χ2n) is 3.97. The van der Waals surface area contributed by atoms with Gasteiger partial charge in [0.2, 0.25) is 0 Å². The van der Waals surface area contributed by atoms with E-state index in [0.29, 0.717) is 6.42 Å². The molecule has 0 saturated heterocycles. The zero-order valence-corrected chi connectivity index (χ0v) is 14.2. The largest absolute Gasteiger partial charge is 0.481 e. The molecule has 0 radical (unpaired) electrons. The van der Waals surface area contributed by atoms with Crippen LogP contribution in [-0.2, 0) is 32.1 Å². The van der Waals surface area contributed by atoms with Crippen molar-refractivity contribution in [1.29, 1.82) is 0 Å². The molecule has 3 heteroatoms. The summed E-state index contributed by atoms with van der Waals surface area (Å²) >= 11 is 0. The predicted molar refractivity (Wildman–Crippen MR) is 59.5 cm³/mol. The van der Waals surface area contributed by atoms with Gasteiger partial charge in [0.1, 0.15) is 0 Å². The van der Waals surface area contributed by atoms with Crippen LogP contribution in [0, 0.1) is 0 Å². The molecular formula is C12H24CdO2. The number of hydrogen-bond acceptors (Lipinski definition) is 1. The molecule has 2 nitrogen and oxygen atoms in total. The minimum Gasteiger partial charge on any atom is -0.481 e. The smallest absolute Gasteiger partial charge is 0.303 e. The molecule has 86 valence electrons. The molecular weight excluding hydrogens is 289 g/mol. The summed E-state index contributed by atoms with van der Waals surface area (Å²) in [7, 11) is 0. The SMILES string of the molecule is CCCCCCCCCCCC(=O)O.[Cd]. The van der Waals surface area contributed by atoms with Gasteiger partial charge in [0.05, 0.1) is 0 Å². The number of hydrogen-bond donors (Lipinski definition) is 1. The van der Waals surface area contributed by atoms with Crippen molar-refractivity contribution in [3.63, 3.8) is 0 Å². The average molecular weight is 313 g/mol. The van der Waals surface area contributed by atoms with Crippen LogP contribution in [0.4, 0.5) is 0 Å². The van der Waals surface area contributed by atoms with E-state index in [-0.39, 0.29) is 27.3 Å². The monoisotopic (exact) mass is 314 g/mol. The van der Waals surface area contributed by atoms with Crippen molar-refractivity contribution in [2.45, 2.75) is 71.1 Å². The van der Waals surface area contributed by atoms with Crippen LogP contribution in [0.1, 0.15) is 71.1 Å². The quantitative estimate of drug-likeness (QED) is 0.489. The third-order valence-electron chi connectivity index (χ3n) is 2.49. The first kappa shape index (κ1) is 17.8. The van der Waals surface area contributed by atoms with Gasteiger partial charge < -0.3 is 5.11 Å². The molecule has 0 aliphatic carbocycles. The minimum atomic E-state index is -0.659. The van der Waals surface area contributed by atoms with Crippen LogP contribution in [0.15, 0.2) is 0 Å². The molecule has 15 heavy (non-hydrogen) atoms. The summed E-state index contributed by atoms with van der Waals surface area (Å²) < 4.78 is 0. The molecule has 0 amide bonds. The van der Waals surface area contributed by atoms with Crippen molar-refractivity contribution in [3.8, 4) is 0 Å². The Kier molecular flexibility index (Phi) is 17.1. The van der Waals surface area contributed by atoms with Gasteiger partial charge >= 0.3 is 5.97 Å². The molecule has 0 aliphatic rings. The van der Waals surface area contributed by atoms with Crippen molar-refractivity contribution in [3.05, 3.63) is 0 Å². The van der Waals surface area contributed by atoms with E-state index in [4.69, 9.17) is 5.11 Å². The molecule has 0 aromatic heterocycles. The number of unbranched alkanes of at least 4 members (excludes halogenated alkanes) is 8. The second kappa shape index (κ2) is 14.4. The van der Waals surface area contributed by atoms with Crippen LogP contribution in [0.2, 0.25) is 0 Å². The van der Waals surface area contributed by atoms with Crippen LogP contribution >= 0.6 is 0 Å². The second-order valence-corrected chi connectivity index (χ2v) is 3.97. The molecule has 0 heterocycles. The Labute approximate surface area is 114 Å². The molecule has 0 unspecified atom stereocenters. The summed E-state index contributed by atoms with van der Waals surface area (Å²) in [6.07, 6.45) is 11.5. The Morgan fingerprint density at radius 1 is 0.867 bits per heavy atom. The number of rotatable bonds is 10. The third-order valence-corrected chi connectivity index (χ3v) is 2.49. The maximum Gasteiger partial charge on any atom is 0.303 e. The Morgan fingerprint density at radius 2 is 1.27 bits per heavy atom. The minimum absolute atomic E-state index is 0. The molecule has 0 aromatic carbocycles. The molecule has 0 spiro atoms. The first-order valence-electron chi connectivity index (χ1n) is 5.99. The summed E-state index contributed by atoms with van der Waals surface area (Å²) in [6, 6.07) is 0. The molecule has 0 aliphatic heterocycles. The standard InChI is InChI=1S/C12H24O2.Cd/c1-2-3-4-5-6-7-8-9-10-11-12(13)14;/h2-11H2,1H3,(H,13,14);. The molecule has 0 saturated carbocycles. The van der Waals surface area contributed by atoms with Crippen LogP contribution in [0.25, 0.3) is 0 Å². The zero-order chi connectivity index (χ0) is 10.6. The summed E-state index contributed by atoms with van der Waals surface area (Å²) in [5.74, 6) is -0.659. The van der Waals surface area contributed by atoms with Gasteiger partial charge in [0.15, 0.2) is 0 Å². The topological polar surface area (TPSA) is 37.3 Å². The van der Waals surface area contributed by atoms with Gasteiger partial charge in [-0.1, -0.05) is 58.3 Å². The van der Waals surface area contributed by atoms with E-state index in [1.807, 2.05) is 0 Å². The number of carbonyl (C=O) groups is 1. The molecule has 0 aromatic rings. The predicted octanol–water partition coefficient (Wildman–Crippen LogP) is 3.99. The fourth-order valence-electron chi connectivity index (χ4n) is 1.59. The fraction of sp³-hybridized carbons (Fsp3) is 0.917. The Bertz CT molecular complexity index is 138. The van der Waals surface area contributed by atoms with Gasteiger partial charge in [-0.3, -0.25) is 4.79 Å². The molecule has 0 atom stereocenters. The number of carboxylic acid groups (broad SMARTS) is 1. The van der Waals surface area contributed by atoms with Gasteiger partial charge in [-0.2, -0.15) is 0 Å². The van der Waals surface area contributed by atoms with E-state index in [2.05, 4.69) is 6.92 Å². The number of aliphatic carboxylic acids is 1. The maximum atomic E-state index is 10.2. The molecule has 0 rings (SSSR count). The van der Waals surface area contributed by atoms with E-state index in [1.54, 1.807) is 0 Å². The first-order valence-corrected chi connectivity index (χ1v) is 5.99. The number of carboxylic acids is 1. The van der Waals surface area contributed by atoms with Crippen LogP contribution in [0.5, 0.6) is 0 Å². The van der Waals surface area contributed by atoms with Crippen molar-refractivity contribution in [1.82, 2.24) is 0 Å². The van der Waals surface area contributed by atoms with E-state index < -0.39 is 5.97 Å². The van der Waals surface area contributed by atoms with Crippen molar-refractivity contribution in [2.24, 2.45) is 0 Å². The molecule has 0 bridgehead atoms. The van der Waals surface area contributed by atoms with Gasteiger partial charge in [-0.05, 0) is 6.42 Å². The molecule has 0 fully saturated rings. The summed E-state index contributed by atoms with van der Waals surface area (Å²) in [4.78, 5) is 10.2. The van der Waals surface area contributed by atoms with Crippen molar-refractivity contribution < 1.29 is 37.2 Å². The normalized spacial score (nSPS) is 9.67. The van der Waals surface area contributed by atoms with Crippen LogP contribution in [-0.4, -0.2) is 11.1 Å². The molecule has 1 N–H and O–H groups in total. The average Bonchev–Trinajstić information content (AvgIpc) is 2.15. The van der Waals surface area contributed by atoms with Gasteiger partial charge in [0, 0.05) is 33.7 Å². The summed E-state index contributed by atoms with van der Waals surface area (Å²) in [5.41, 5.74) is 0. The van der Waals surface area contributed by atoms with Crippen LogP contribution in [0.3, 0.4) is 0 Å². The maximum absolute atomic E-state index is 10.2. The van der Waals surface area contributed by atoms with E-state index in [0.717, 1.165) is 12.8 Å². The third kappa shape index (κ3) is 17.0. The summed E-state index contributed by atoms with van der Waals surface area (Å²) in [5, 5.41) is 8.41. The zero-order valence-electron chi connectivity index (χ0n) is 10.1. The van der Waals surface area contributed by atoms with Gasteiger partial charge in [0.25, 0.3) is 0 Å². The van der Waals surface area contributed by atoms with Crippen molar-refractivity contribution >= 4 is 5.97 Å². The van der Waals surface area contributed by atoms with Gasteiger partial charge in [-0.25, -0.2) is 0 Å². The summed E-state index contributed by atoms with van der Waals surface area (Å²) in [6.45, 7) is 2.23. The first-order chi connectivity index (χ1) is 6.77. The Hall–Kier alpha value is 0.392. The van der Waals surface area contributed by atoms with Crippen molar-refractivity contribution in [2.75, 3.05) is 0 Å². The van der Waals surface area contributed by atoms with E-state index in [9.17, 15) is 4.79 Å². The Morgan fingerprint density at radius 3 is 1.67 bits per heavy atom. The van der Waals surface area contributed by atoms with Gasteiger partial charge in [-0.15, -0.1) is 0 Å². The Balaban J connectivity index is 0. The fourth-order valence-corrected chi connectivity index (χ4v) is 1.59. The van der Waals surface area contributed by atoms with E-state index in [1.165, 1.54) is 44.9 Å².